The Hall–Kier alpha value is -4.41. The number of rotatable bonds is 4. The first-order chi connectivity index (χ1) is 17.4. The number of halogens is 6. The van der Waals surface area contributed by atoms with E-state index in [1.165, 1.54) is 18.2 Å². The number of hydrogen-bond acceptors (Lipinski definition) is 4. The number of aromatic nitrogens is 1. The number of ether oxygens (including phenoxy) is 1. The minimum Gasteiger partial charge on any atom is -0.465 e. The highest BCUT2D eigenvalue weighted by molar-refractivity contribution is 6.09. The van der Waals surface area contributed by atoms with Crippen LogP contribution in [-0.4, -0.2) is 24.0 Å². The van der Waals surface area contributed by atoms with Crippen LogP contribution >= 0.6 is 0 Å². The van der Waals surface area contributed by atoms with Crippen LogP contribution in [0.3, 0.4) is 0 Å². The molecule has 190 valence electrons. The van der Waals surface area contributed by atoms with Crippen LogP contribution < -0.4 is 5.32 Å². The smallest absolute Gasteiger partial charge is 0.416 e. The number of esters is 1. The number of benzene rings is 3. The van der Waals surface area contributed by atoms with Crippen molar-refractivity contribution in [2.45, 2.75) is 12.4 Å². The molecule has 5 nitrogen and oxygen atoms in total. The first-order valence-corrected chi connectivity index (χ1v) is 10.6. The van der Waals surface area contributed by atoms with Gasteiger partial charge >= 0.3 is 18.3 Å². The number of alkyl halides is 6. The largest absolute Gasteiger partial charge is 0.465 e. The predicted octanol–water partition coefficient (Wildman–Crippen LogP) is 6.98. The minimum atomic E-state index is -5.12. The number of para-hydroxylation sites is 1. The van der Waals surface area contributed by atoms with Gasteiger partial charge in [0.1, 0.15) is 0 Å². The van der Waals surface area contributed by atoms with E-state index in [-0.39, 0.29) is 17.3 Å². The number of carbonyl (C=O) groups excluding carboxylic acids is 2. The number of nitrogens with one attached hydrogen (secondary N) is 1. The number of methoxy groups -OCH3 is 1. The standard InChI is InChI=1S/C26H16F6N2O3/c1-37-24(36)20-12-15(19-6-2-4-14-5-3-9-33-22(14)19)7-8-21(20)34-23(35)16-10-17(25(27,28)29)13-18(11-16)26(30,31)32/h2-13H,1H3,(H,34,35). The molecule has 0 atom stereocenters. The highest BCUT2D eigenvalue weighted by Crippen LogP contribution is 2.37. The molecule has 1 aromatic heterocycles. The van der Waals surface area contributed by atoms with E-state index in [1.54, 1.807) is 24.4 Å². The van der Waals surface area contributed by atoms with E-state index in [1.807, 2.05) is 12.1 Å². The molecule has 1 heterocycles. The highest BCUT2D eigenvalue weighted by Gasteiger charge is 2.37. The predicted molar refractivity (Wildman–Crippen MR) is 123 cm³/mol. The van der Waals surface area contributed by atoms with Crippen molar-refractivity contribution >= 4 is 28.5 Å². The Morgan fingerprint density at radius 2 is 1.49 bits per heavy atom. The van der Waals surface area contributed by atoms with Gasteiger partial charge < -0.3 is 10.1 Å². The summed E-state index contributed by atoms with van der Waals surface area (Å²) in [5.74, 6) is -2.16. The average Bonchev–Trinajstić information content (AvgIpc) is 2.86. The van der Waals surface area contributed by atoms with Crippen LogP contribution in [0.2, 0.25) is 0 Å². The van der Waals surface area contributed by atoms with Crippen molar-refractivity contribution in [2.75, 3.05) is 12.4 Å². The molecule has 0 spiro atoms. The van der Waals surface area contributed by atoms with Crippen LogP contribution in [0.5, 0.6) is 0 Å². The monoisotopic (exact) mass is 518 g/mol. The van der Waals surface area contributed by atoms with E-state index in [0.29, 0.717) is 28.8 Å². The molecule has 37 heavy (non-hydrogen) atoms. The van der Waals surface area contributed by atoms with Crippen molar-refractivity contribution in [1.29, 1.82) is 0 Å². The lowest BCUT2D eigenvalue weighted by atomic mass is 9.98. The molecule has 0 aliphatic carbocycles. The summed E-state index contributed by atoms with van der Waals surface area (Å²) in [4.78, 5) is 29.6. The third-order valence-corrected chi connectivity index (χ3v) is 5.47. The second-order valence-electron chi connectivity index (χ2n) is 7.88. The molecule has 11 heteroatoms. The molecule has 0 aliphatic heterocycles. The van der Waals surface area contributed by atoms with Crippen molar-refractivity contribution in [1.82, 2.24) is 4.98 Å². The van der Waals surface area contributed by atoms with Crippen LogP contribution in [0, 0.1) is 0 Å². The lowest BCUT2D eigenvalue weighted by Crippen LogP contribution is -2.18. The third kappa shape index (κ3) is 5.40. The normalized spacial score (nSPS) is 11.9. The number of nitrogens with zero attached hydrogens (tertiary/aromatic N) is 1. The van der Waals surface area contributed by atoms with Gasteiger partial charge in [0.2, 0.25) is 0 Å². The summed E-state index contributed by atoms with van der Waals surface area (Å²) in [5.41, 5.74) is -2.71. The molecule has 0 unspecified atom stereocenters. The number of pyridine rings is 1. The molecule has 4 rings (SSSR count). The van der Waals surface area contributed by atoms with Gasteiger partial charge in [0.05, 0.1) is 35.0 Å². The number of fused-ring (bicyclic) bond motifs is 1. The summed E-state index contributed by atoms with van der Waals surface area (Å²) < 4.78 is 83.9. The Kier molecular flexibility index (Phi) is 6.64. The molecule has 1 amide bonds. The van der Waals surface area contributed by atoms with E-state index >= 15 is 0 Å². The molecule has 0 aliphatic rings. The fraction of sp³-hybridized carbons (Fsp3) is 0.115. The second kappa shape index (κ2) is 9.57. The molecule has 4 aromatic rings. The lowest BCUT2D eigenvalue weighted by molar-refractivity contribution is -0.143. The van der Waals surface area contributed by atoms with E-state index in [9.17, 15) is 35.9 Å². The number of carbonyl (C=O) groups is 2. The van der Waals surface area contributed by atoms with Gasteiger partial charge in [-0.3, -0.25) is 9.78 Å². The topological polar surface area (TPSA) is 68.3 Å². The molecule has 0 fully saturated rings. The molecule has 0 bridgehead atoms. The van der Waals surface area contributed by atoms with E-state index < -0.39 is 40.9 Å². The maximum absolute atomic E-state index is 13.2. The van der Waals surface area contributed by atoms with Crippen LogP contribution in [0.15, 0.2) is 72.9 Å². The Morgan fingerprint density at radius 1 is 0.838 bits per heavy atom. The maximum atomic E-state index is 13.2. The SMILES string of the molecule is COC(=O)c1cc(-c2cccc3cccnc23)ccc1NC(=O)c1cc(C(F)(F)F)cc(C(F)(F)F)c1. The summed E-state index contributed by atoms with van der Waals surface area (Å²) in [7, 11) is 1.09. The van der Waals surface area contributed by atoms with E-state index in [0.717, 1.165) is 12.5 Å². The Labute approximate surface area is 205 Å². The minimum absolute atomic E-state index is 0.0797. The maximum Gasteiger partial charge on any atom is 0.416 e. The van der Waals surface area contributed by atoms with Gasteiger partial charge in [-0.2, -0.15) is 26.3 Å². The zero-order valence-corrected chi connectivity index (χ0v) is 18.9. The molecule has 0 saturated heterocycles. The van der Waals surface area contributed by atoms with Crippen molar-refractivity contribution in [2.24, 2.45) is 0 Å². The first kappa shape index (κ1) is 25.7. The molecular weight excluding hydrogens is 502 g/mol. The first-order valence-electron chi connectivity index (χ1n) is 10.6. The van der Waals surface area contributed by atoms with Gasteiger partial charge in [-0.1, -0.05) is 30.3 Å². The van der Waals surface area contributed by atoms with Crippen molar-refractivity contribution in [3.05, 3.63) is 95.2 Å². The summed E-state index contributed by atoms with van der Waals surface area (Å²) in [6, 6.07) is 13.7. The Morgan fingerprint density at radius 3 is 2.11 bits per heavy atom. The summed E-state index contributed by atoms with van der Waals surface area (Å²) in [6.07, 6.45) is -8.66. The average molecular weight is 518 g/mol. The quantitative estimate of drug-likeness (QED) is 0.234. The number of hydrogen-bond donors (Lipinski definition) is 1. The highest BCUT2D eigenvalue weighted by atomic mass is 19.4. The van der Waals surface area contributed by atoms with Crippen molar-refractivity contribution in [3.8, 4) is 11.1 Å². The fourth-order valence-electron chi connectivity index (χ4n) is 3.72. The Balaban J connectivity index is 1.76. The van der Waals surface area contributed by atoms with Gasteiger partial charge in [-0.05, 0) is 42.0 Å². The lowest BCUT2D eigenvalue weighted by Gasteiger charge is -2.15. The molecule has 3 aromatic carbocycles. The van der Waals surface area contributed by atoms with Crippen LogP contribution in [-0.2, 0) is 17.1 Å². The van der Waals surface area contributed by atoms with Gasteiger partial charge in [0.15, 0.2) is 0 Å². The number of amides is 1. The second-order valence-corrected chi connectivity index (χ2v) is 7.88. The fourth-order valence-corrected chi connectivity index (χ4v) is 3.72. The van der Waals surface area contributed by atoms with Gasteiger partial charge in [0, 0.05) is 22.7 Å². The van der Waals surface area contributed by atoms with Gasteiger partial charge in [-0.15, -0.1) is 0 Å². The summed E-state index contributed by atoms with van der Waals surface area (Å²) in [5, 5.41) is 3.05. The van der Waals surface area contributed by atoms with Gasteiger partial charge in [0.25, 0.3) is 5.91 Å². The van der Waals surface area contributed by atoms with Crippen molar-refractivity contribution in [3.63, 3.8) is 0 Å². The molecular formula is C26H16F6N2O3. The van der Waals surface area contributed by atoms with Crippen LogP contribution in [0.4, 0.5) is 32.0 Å². The number of anilines is 1. The van der Waals surface area contributed by atoms with E-state index in [4.69, 9.17) is 4.74 Å². The van der Waals surface area contributed by atoms with Crippen molar-refractivity contribution < 1.29 is 40.7 Å². The van der Waals surface area contributed by atoms with Crippen LogP contribution in [0.1, 0.15) is 31.8 Å². The van der Waals surface area contributed by atoms with E-state index in [2.05, 4.69) is 10.3 Å². The molecule has 1 N–H and O–H groups in total. The third-order valence-electron chi connectivity index (χ3n) is 5.47. The Bertz CT molecular complexity index is 1480. The van der Waals surface area contributed by atoms with Gasteiger partial charge in [-0.25, -0.2) is 4.79 Å². The summed E-state index contributed by atoms with van der Waals surface area (Å²) in [6.45, 7) is 0. The zero-order chi connectivity index (χ0) is 27.0. The molecule has 0 radical (unpaired) electrons. The van der Waals surface area contributed by atoms with Crippen LogP contribution in [0.25, 0.3) is 22.0 Å². The molecule has 0 saturated carbocycles. The summed E-state index contributed by atoms with van der Waals surface area (Å²) >= 11 is 0. The zero-order valence-electron chi connectivity index (χ0n) is 18.9.